The number of nitrogens with zero attached hydrogens (tertiary/aromatic N) is 3. The SMILES string of the molecule is C[C@H](C(=O)O)N1CCC[C@H](c2ccn(C)n2)C1. The molecule has 0 saturated carbocycles. The van der Waals surface area contributed by atoms with E-state index in [1.54, 1.807) is 11.6 Å². The van der Waals surface area contributed by atoms with Crippen LogP contribution in [0.5, 0.6) is 0 Å². The lowest BCUT2D eigenvalue weighted by Crippen LogP contribution is -2.44. The minimum absolute atomic E-state index is 0.367. The molecule has 0 spiro atoms. The van der Waals surface area contributed by atoms with Crippen LogP contribution in [0.1, 0.15) is 31.4 Å². The fourth-order valence-electron chi connectivity index (χ4n) is 2.41. The van der Waals surface area contributed by atoms with Crippen molar-refractivity contribution in [2.75, 3.05) is 13.1 Å². The van der Waals surface area contributed by atoms with Gasteiger partial charge in [0.05, 0.1) is 5.69 Å². The van der Waals surface area contributed by atoms with Gasteiger partial charge in [-0.1, -0.05) is 0 Å². The molecule has 94 valence electrons. The molecule has 1 fully saturated rings. The van der Waals surface area contributed by atoms with Gasteiger partial charge in [-0.05, 0) is 32.4 Å². The van der Waals surface area contributed by atoms with Crippen molar-refractivity contribution in [3.63, 3.8) is 0 Å². The standard InChI is InChI=1S/C12H19N3O2/c1-9(12(16)17)15-6-3-4-10(8-15)11-5-7-14(2)13-11/h5,7,9-10H,3-4,6,8H2,1-2H3,(H,16,17)/t9-,10+/m1/s1. The lowest BCUT2D eigenvalue weighted by molar-refractivity contribution is -0.143. The first-order chi connectivity index (χ1) is 8.08. The fraction of sp³-hybridized carbons (Fsp3) is 0.667. The number of hydrogen-bond acceptors (Lipinski definition) is 3. The molecule has 0 aliphatic carbocycles. The molecule has 1 aromatic heterocycles. The summed E-state index contributed by atoms with van der Waals surface area (Å²) >= 11 is 0. The van der Waals surface area contributed by atoms with E-state index in [2.05, 4.69) is 5.10 Å². The number of rotatable bonds is 3. The van der Waals surface area contributed by atoms with Crippen molar-refractivity contribution in [2.24, 2.45) is 7.05 Å². The van der Waals surface area contributed by atoms with E-state index in [1.807, 2.05) is 24.2 Å². The van der Waals surface area contributed by atoms with Crippen LogP contribution < -0.4 is 0 Å². The van der Waals surface area contributed by atoms with E-state index in [0.29, 0.717) is 5.92 Å². The van der Waals surface area contributed by atoms with Crippen LogP contribution in [0.15, 0.2) is 12.3 Å². The fourth-order valence-corrected chi connectivity index (χ4v) is 2.41. The topological polar surface area (TPSA) is 58.4 Å². The summed E-state index contributed by atoms with van der Waals surface area (Å²) in [4.78, 5) is 13.0. The Morgan fingerprint density at radius 2 is 2.41 bits per heavy atom. The van der Waals surface area contributed by atoms with Crippen LogP contribution in [0.3, 0.4) is 0 Å². The molecule has 2 atom stereocenters. The summed E-state index contributed by atoms with van der Waals surface area (Å²) in [5, 5.41) is 13.4. The third-order valence-corrected chi connectivity index (χ3v) is 3.51. The van der Waals surface area contributed by atoms with Crippen LogP contribution in [0.2, 0.25) is 0 Å². The average molecular weight is 237 g/mol. The minimum Gasteiger partial charge on any atom is -0.480 e. The molecule has 2 heterocycles. The van der Waals surface area contributed by atoms with Gasteiger partial charge in [-0.25, -0.2) is 0 Å². The molecular formula is C12H19N3O2. The van der Waals surface area contributed by atoms with Gasteiger partial charge in [-0.15, -0.1) is 0 Å². The van der Waals surface area contributed by atoms with Crippen molar-refractivity contribution in [3.8, 4) is 0 Å². The Hall–Kier alpha value is -1.36. The molecule has 1 aliphatic heterocycles. The normalized spacial score (nSPS) is 23.5. The summed E-state index contributed by atoms with van der Waals surface area (Å²) < 4.78 is 1.80. The second kappa shape index (κ2) is 4.87. The van der Waals surface area contributed by atoms with Gasteiger partial charge >= 0.3 is 5.97 Å². The van der Waals surface area contributed by atoms with Crippen molar-refractivity contribution in [1.82, 2.24) is 14.7 Å². The number of aryl methyl sites for hydroxylation is 1. The van der Waals surface area contributed by atoms with Crippen LogP contribution in [-0.2, 0) is 11.8 Å². The maximum absolute atomic E-state index is 11.0. The van der Waals surface area contributed by atoms with Crippen LogP contribution in [0.4, 0.5) is 0 Å². The lowest BCUT2D eigenvalue weighted by Gasteiger charge is -2.34. The predicted octanol–water partition coefficient (Wildman–Crippen LogP) is 1.07. The van der Waals surface area contributed by atoms with Crippen molar-refractivity contribution in [3.05, 3.63) is 18.0 Å². The highest BCUT2D eigenvalue weighted by atomic mass is 16.4. The van der Waals surface area contributed by atoms with E-state index < -0.39 is 12.0 Å². The van der Waals surface area contributed by atoms with E-state index >= 15 is 0 Å². The Labute approximate surface area is 101 Å². The van der Waals surface area contributed by atoms with Gasteiger partial charge < -0.3 is 5.11 Å². The van der Waals surface area contributed by atoms with E-state index in [0.717, 1.165) is 31.6 Å². The quantitative estimate of drug-likeness (QED) is 0.854. The number of hydrogen-bond donors (Lipinski definition) is 1. The molecule has 5 nitrogen and oxygen atoms in total. The van der Waals surface area contributed by atoms with Crippen molar-refractivity contribution >= 4 is 5.97 Å². The summed E-state index contributed by atoms with van der Waals surface area (Å²) in [6, 6.07) is 1.63. The number of carboxylic acid groups (broad SMARTS) is 1. The molecule has 5 heteroatoms. The van der Waals surface area contributed by atoms with Crippen molar-refractivity contribution < 1.29 is 9.90 Å². The molecule has 1 aliphatic rings. The van der Waals surface area contributed by atoms with Crippen LogP contribution >= 0.6 is 0 Å². The molecule has 0 radical (unpaired) electrons. The number of carboxylic acids is 1. The predicted molar refractivity (Wildman–Crippen MR) is 63.9 cm³/mol. The highest BCUT2D eigenvalue weighted by Gasteiger charge is 2.28. The first-order valence-electron chi connectivity index (χ1n) is 6.04. The second-order valence-corrected chi connectivity index (χ2v) is 4.76. The maximum Gasteiger partial charge on any atom is 0.320 e. The molecule has 0 aromatic carbocycles. The number of aromatic nitrogens is 2. The largest absolute Gasteiger partial charge is 0.480 e. The molecule has 1 saturated heterocycles. The molecule has 2 rings (SSSR count). The lowest BCUT2D eigenvalue weighted by atomic mass is 9.94. The summed E-state index contributed by atoms with van der Waals surface area (Å²) in [6.45, 7) is 3.42. The van der Waals surface area contributed by atoms with Gasteiger partial charge in [0, 0.05) is 25.7 Å². The van der Waals surface area contributed by atoms with Gasteiger partial charge in [0.1, 0.15) is 6.04 Å². The molecule has 17 heavy (non-hydrogen) atoms. The van der Waals surface area contributed by atoms with Crippen LogP contribution in [0, 0.1) is 0 Å². The number of carbonyl (C=O) groups is 1. The third-order valence-electron chi connectivity index (χ3n) is 3.51. The van der Waals surface area contributed by atoms with Gasteiger partial charge in [-0.2, -0.15) is 5.10 Å². The van der Waals surface area contributed by atoms with Gasteiger partial charge in [-0.3, -0.25) is 14.4 Å². The van der Waals surface area contributed by atoms with Crippen LogP contribution in [0.25, 0.3) is 0 Å². The summed E-state index contributed by atoms with van der Waals surface area (Å²) in [7, 11) is 1.91. The van der Waals surface area contributed by atoms with E-state index in [9.17, 15) is 4.79 Å². The zero-order valence-electron chi connectivity index (χ0n) is 10.3. The molecular weight excluding hydrogens is 218 g/mol. The Balaban J connectivity index is 2.04. The first-order valence-corrected chi connectivity index (χ1v) is 6.04. The third kappa shape index (κ3) is 2.66. The van der Waals surface area contributed by atoms with E-state index in [1.165, 1.54) is 0 Å². The van der Waals surface area contributed by atoms with E-state index in [-0.39, 0.29) is 0 Å². The maximum atomic E-state index is 11.0. The van der Waals surface area contributed by atoms with E-state index in [4.69, 9.17) is 5.11 Å². The zero-order valence-corrected chi connectivity index (χ0v) is 10.3. The first kappa shape index (κ1) is 12.1. The van der Waals surface area contributed by atoms with Gasteiger partial charge in [0.15, 0.2) is 0 Å². The Morgan fingerprint density at radius 3 is 3.00 bits per heavy atom. The van der Waals surface area contributed by atoms with Crippen LogP contribution in [-0.4, -0.2) is 44.9 Å². The monoisotopic (exact) mass is 237 g/mol. The summed E-state index contributed by atoms with van der Waals surface area (Å²) in [5.41, 5.74) is 1.08. The number of piperidine rings is 1. The number of aliphatic carboxylic acids is 1. The summed E-state index contributed by atoms with van der Waals surface area (Å²) in [6.07, 6.45) is 4.08. The van der Waals surface area contributed by atoms with Gasteiger partial charge in [0.2, 0.25) is 0 Å². The summed E-state index contributed by atoms with van der Waals surface area (Å²) in [5.74, 6) is -0.376. The average Bonchev–Trinajstić information content (AvgIpc) is 2.75. The highest BCUT2D eigenvalue weighted by Crippen LogP contribution is 2.26. The Bertz CT molecular complexity index is 402. The molecule has 0 unspecified atom stereocenters. The molecule has 1 aromatic rings. The van der Waals surface area contributed by atoms with Gasteiger partial charge in [0.25, 0.3) is 0 Å². The highest BCUT2D eigenvalue weighted by molar-refractivity contribution is 5.72. The Morgan fingerprint density at radius 1 is 1.65 bits per heavy atom. The second-order valence-electron chi connectivity index (χ2n) is 4.76. The Kier molecular flexibility index (Phi) is 3.47. The molecule has 0 bridgehead atoms. The van der Waals surface area contributed by atoms with Crippen molar-refractivity contribution in [1.29, 1.82) is 0 Å². The van der Waals surface area contributed by atoms with Crippen molar-refractivity contribution in [2.45, 2.75) is 31.7 Å². The smallest absolute Gasteiger partial charge is 0.320 e. The zero-order chi connectivity index (χ0) is 12.4. The molecule has 0 amide bonds. The molecule has 1 N–H and O–H groups in total. The minimum atomic E-state index is -0.744. The number of likely N-dealkylation sites (tertiary alicyclic amines) is 1.